The average molecular weight is 215 g/mol. The molecule has 0 spiro atoms. The van der Waals surface area contributed by atoms with Gasteiger partial charge in [0.15, 0.2) is 0 Å². The third-order valence-electron chi connectivity index (χ3n) is 3.23. The minimum absolute atomic E-state index is 0.325. The lowest BCUT2D eigenvalue weighted by atomic mass is 9.95. The molecule has 3 rings (SSSR count). The SMILES string of the molecule is COc1ccc2[nH]c3c(c2c1)CCC(=O)C3. The molecule has 0 fully saturated rings. The van der Waals surface area contributed by atoms with Crippen LogP contribution in [-0.4, -0.2) is 17.9 Å². The van der Waals surface area contributed by atoms with E-state index in [1.807, 2.05) is 18.2 Å². The number of fused-ring (bicyclic) bond motifs is 3. The molecule has 1 aromatic heterocycles. The Morgan fingerprint density at radius 1 is 1.31 bits per heavy atom. The van der Waals surface area contributed by atoms with Gasteiger partial charge < -0.3 is 9.72 Å². The highest BCUT2D eigenvalue weighted by atomic mass is 16.5. The second-order valence-electron chi connectivity index (χ2n) is 4.21. The van der Waals surface area contributed by atoms with E-state index in [1.54, 1.807) is 7.11 Å². The van der Waals surface area contributed by atoms with E-state index in [1.165, 1.54) is 10.9 Å². The second kappa shape index (κ2) is 3.37. The fourth-order valence-corrected chi connectivity index (χ4v) is 2.40. The Balaban J connectivity index is 2.22. The molecule has 82 valence electrons. The number of hydrogen-bond acceptors (Lipinski definition) is 2. The molecule has 3 nitrogen and oxygen atoms in total. The third-order valence-corrected chi connectivity index (χ3v) is 3.23. The largest absolute Gasteiger partial charge is 0.497 e. The highest BCUT2D eigenvalue weighted by molar-refractivity contribution is 5.91. The third kappa shape index (κ3) is 1.32. The van der Waals surface area contributed by atoms with Crippen molar-refractivity contribution in [2.45, 2.75) is 19.3 Å². The number of aromatic amines is 1. The first-order chi connectivity index (χ1) is 7.78. The van der Waals surface area contributed by atoms with E-state index >= 15 is 0 Å². The molecule has 1 aromatic carbocycles. The lowest BCUT2D eigenvalue weighted by Gasteiger charge is -2.09. The van der Waals surface area contributed by atoms with E-state index in [2.05, 4.69) is 4.98 Å². The Morgan fingerprint density at radius 2 is 2.19 bits per heavy atom. The molecule has 16 heavy (non-hydrogen) atoms. The molecule has 0 unspecified atom stereocenters. The summed E-state index contributed by atoms with van der Waals surface area (Å²) in [5.74, 6) is 1.19. The smallest absolute Gasteiger partial charge is 0.139 e. The fourth-order valence-electron chi connectivity index (χ4n) is 2.40. The molecule has 0 amide bonds. The zero-order valence-corrected chi connectivity index (χ0v) is 9.17. The zero-order valence-electron chi connectivity index (χ0n) is 9.17. The van der Waals surface area contributed by atoms with Crippen LogP contribution in [0.1, 0.15) is 17.7 Å². The summed E-state index contributed by atoms with van der Waals surface area (Å²) in [4.78, 5) is 14.7. The second-order valence-corrected chi connectivity index (χ2v) is 4.21. The summed E-state index contributed by atoms with van der Waals surface area (Å²) in [6.07, 6.45) is 2.06. The molecule has 0 bridgehead atoms. The summed E-state index contributed by atoms with van der Waals surface area (Å²) < 4.78 is 5.22. The van der Waals surface area contributed by atoms with Crippen molar-refractivity contribution < 1.29 is 9.53 Å². The molecular formula is C13H13NO2. The number of carbonyl (C=O) groups is 1. The standard InChI is InChI=1S/C13H13NO2/c1-16-9-3-5-12-11(7-9)10-4-2-8(15)6-13(10)14-12/h3,5,7,14H,2,4,6H2,1H3. The van der Waals surface area contributed by atoms with E-state index in [0.29, 0.717) is 18.6 Å². The summed E-state index contributed by atoms with van der Waals surface area (Å²) in [6, 6.07) is 5.99. The molecule has 1 aliphatic rings. The van der Waals surface area contributed by atoms with Crippen LogP contribution in [0.4, 0.5) is 0 Å². The Labute approximate surface area is 93.4 Å². The Bertz CT molecular complexity index is 569. The van der Waals surface area contributed by atoms with Gasteiger partial charge in [0.05, 0.1) is 7.11 Å². The number of ketones is 1. The van der Waals surface area contributed by atoms with E-state index in [-0.39, 0.29) is 0 Å². The fraction of sp³-hybridized carbons (Fsp3) is 0.308. The van der Waals surface area contributed by atoms with Crippen molar-refractivity contribution in [2.75, 3.05) is 7.11 Å². The molecule has 1 heterocycles. The van der Waals surface area contributed by atoms with Gasteiger partial charge in [-0.15, -0.1) is 0 Å². The van der Waals surface area contributed by atoms with Crippen molar-refractivity contribution in [1.82, 2.24) is 4.98 Å². The first-order valence-electron chi connectivity index (χ1n) is 5.47. The quantitative estimate of drug-likeness (QED) is 0.792. The van der Waals surface area contributed by atoms with E-state index < -0.39 is 0 Å². The van der Waals surface area contributed by atoms with Gasteiger partial charge in [0.2, 0.25) is 0 Å². The highest BCUT2D eigenvalue weighted by Gasteiger charge is 2.20. The van der Waals surface area contributed by atoms with Crippen LogP contribution < -0.4 is 4.74 Å². The van der Waals surface area contributed by atoms with Crippen molar-refractivity contribution in [3.8, 4) is 5.75 Å². The number of aryl methyl sites for hydroxylation is 1. The molecule has 1 aliphatic carbocycles. The number of H-pyrrole nitrogens is 1. The number of aromatic nitrogens is 1. The van der Waals surface area contributed by atoms with Crippen molar-refractivity contribution in [3.05, 3.63) is 29.5 Å². The van der Waals surface area contributed by atoms with Gasteiger partial charge in [0.1, 0.15) is 11.5 Å². The van der Waals surface area contributed by atoms with Crippen LogP contribution in [-0.2, 0) is 17.6 Å². The number of rotatable bonds is 1. The number of nitrogens with one attached hydrogen (secondary N) is 1. The van der Waals surface area contributed by atoms with Gasteiger partial charge in [0.25, 0.3) is 0 Å². The summed E-state index contributed by atoms with van der Waals surface area (Å²) in [7, 11) is 1.67. The maximum atomic E-state index is 11.4. The Kier molecular flexibility index (Phi) is 1.99. The van der Waals surface area contributed by atoms with Crippen LogP contribution >= 0.6 is 0 Å². The predicted octanol–water partition coefficient (Wildman–Crippen LogP) is 2.23. The molecule has 1 N–H and O–H groups in total. The van der Waals surface area contributed by atoms with Gasteiger partial charge in [-0.25, -0.2) is 0 Å². The monoisotopic (exact) mass is 215 g/mol. The maximum absolute atomic E-state index is 11.4. The van der Waals surface area contributed by atoms with Crippen molar-refractivity contribution in [2.24, 2.45) is 0 Å². The van der Waals surface area contributed by atoms with Gasteiger partial charge in [-0.1, -0.05) is 0 Å². The van der Waals surface area contributed by atoms with Crippen molar-refractivity contribution in [1.29, 1.82) is 0 Å². The number of carbonyl (C=O) groups excluding carboxylic acids is 1. The molecule has 0 radical (unpaired) electrons. The van der Waals surface area contributed by atoms with E-state index in [0.717, 1.165) is 23.4 Å². The maximum Gasteiger partial charge on any atom is 0.139 e. The van der Waals surface area contributed by atoms with E-state index in [4.69, 9.17) is 4.74 Å². The first kappa shape index (κ1) is 9.46. The van der Waals surface area contributed by atoms with Crippen LogP contribution in [0.25, 0.3) is 10.9 Å². The summed E-state index contributed by atoms with van der Waals surface area (Å²) in [5, 5.41) is 1.20. The number of benzene rings is 1. The first-order valence-corrected chi connectivity index (χ1v) is 5.47. The minimum atomic E-state index is 0.325. The van der Waals surface area contributed by atoms with Gasteiger partial charge in [-0.05, 0) is 30.2 Å². The van der Waals surface area contributed by atoms with Gasteiger partial charge >= 0.3 is 0 Å². The average Bonchev–Trinajstić information content (AvgIpc) is 2.65. The normalized spacial score (nSPS) is 15.2. The molecule has 3 heteroatoms. The van der Waals surface area contributed by atoms with Crippen molar-refractivity contribution in [3.63, 3.8) is 0 Å². The zero-order chi connectivity index (χ0) is 11.1. The molecule has 0 aliphatic heterocycles. The summed E-state index contributed by atoms with van der Waals surface area (Å²) >= 11 is 0. The summed E-state index contributed by atoms with van der Waals surface area (Å²) in [6.45, 7) is 0. The number of ether oxygens (including phenoxy) is 1. The number of methoxy groups -OCH3 is 1. The van der Waals surface area contributed by atoms with Crippen LogP contribution in [0.2, 0.25) is 0 Å². The molecule has 2 aromatic rings. The minimum Gasteiger partial charge on any atom is -0.497 e. The molecule has 0 atom stereocenters. The van der Waals surface area contributed by atoms with Gasteiger partial charge in [-0.2, -0.15) is 0 Å². The number of Topliss-reactive ketones (excluding diaryl/α,β-unsaturated/α-hetero) is 1. The predicted molar refractivity (Wildman–Crippen MR) is 61.9 cm³/mol. The molecule has 0 saturated heterocycles. The van der Waals surface area contributed by atoms with Crippen LogP contribution in [0.3, 0.4) is 0 Å². The van der Waals surface area contributed by atoms with Crippen molar-refractivity contribution >= 4 is 16.7 Å². The Morgan fingerprint density at radius 3 is 3.00 bits per heavy atom. The van der Waals surface area contributed by atoms with Gasteiger partial charge in [0, 0.05) is 29.4 Å². The van der Waals surface area contributed by atoms with Crippen LogP contribution in [0.5, 0.6) is 5.75 Å². The van der Waals surface area contributed by atoms with Crippen LogP contribution in [0, 0.1) is 0 Å². The highest BCUT2D eigenvalue weighted by Crippen LogP contribution is 2.30. The topological polar surface area (TPSA) is 42.1 Å². The van der Waals surface area contributed by atoms with Crippen LogP contribution in [0.15, 0.2) is 18.2 Å². The van der Waals surface area contributed by atoms with Gasteiger partial charge in [-0.3, -0.25) is 4.79 Å². The summed E-state index contributed by atoms with van der Waals surface area (Å²) in [5.41, 5.74) is 3.47. The molecule has 0 saturated carbocycles. The Hall–Kier alpha value is -1.77. The lowest BCUT2D eigenvalue weighted by Crippen LogP contribution is -2.12. The van der Waals surface area contributed by atoms with E-state index in [9.17, 15) is 4.79 Å². The number of hydrogen-bond donors (Lipinski definition) is 1. The lowest BCUT2D eigenvalue weighted by molar-refractivity contribution is -0.118. The molecular weight excluding hydrogens is 202 g/mol.